The largest absolute Gasteiger partial charge is 0.496 e. The van der Waals surface area contributed by atoms with Gasteiger partial charge in [0.25, 0.3) is 0 Å². The molecule has 1 saturated carbocycles. The second-order valence-corrected chi connectivity index (χ2v) is 16.0. The van der Waals surface area contributed by atoms with Crippen LogP contribution >= 0.6 is 23.2 Å². The number of carbonyl (C=O) groups is 2. The van der Waals surface area contributed by atoms with Crippen LogP contribution < -0.4 is 20.1 Å². The summed E-state index contributed by atoms with van der Waals surface area (Å²) in [6, 6.07) is 19.4. The van der Waals surface area contributed by atoms with Crippen LogP contribution in [0, 0.1) is 11.7 Å². The number of rotatable bonds is 15. The molecule has 0 bridgehead atoms. The van der Waals surface area contributed by atoms with Gasteiger partial charge in [-0.3, -0.25) is 14.4 Å². The first-order chi connectivity index (χ1) is 28.0. The zero-order valence-corrected chi connectivity index (χ0v) is 34.4. The summed E-state index contributed by atoms with van der Waals surface area (Å²) in [6.45, 7) is 1.87. The van der Waals surface area contributed by atoms with Gasteiger partial charge in [0.15, 0.2) is 0 Å². The SMILES string of the molecule is COc1cc(Cn2ncc3c(-c4cccc(-c5cc(F)c(CNC[C@@H]6CCC(=O)N6)c(OC)c5)c4Cl)cccc32)c(Cl)cc1CN(C)[C@H]1CC[C@H](/C=C/C(=O)O)CC1. The van der Waals surface area contributed by atoms with Crippen LogP contribution in [-0.2, 0) is 29.2 Å². The number of carboxylic acid groups (broad SMARTS) is 1. The number of hydrogen-bond donors (Lipinski definition) is 3. The van der Waals surface area contributed by atoms with Crippen LogP contribution in [0.5, 0.6) is 11.5 Å². The number of carboxylic acids is 1. The molecule has 0 spiro atoms. The highest BCUT2D eigenvalue weighted by atomic mass is 35.5. The Balaban J connectivity index is 1.08. The average molecular weight is 829 g/mol. The van der Waals surface area contributed by atoms with Gasteiger partial charge in [-0.2, -0.15) is 5.10 Å². The maximum absolute atomic E-state index is 15.7. The predicted octanol–water partition coefficient (Wildman–Crippen LogP) is 8.88. The highest BCUT2D eigenvalue weighted by Gasteiger charge is 2.25. The number of ether oxygens (including phenoxy) is 2. The molecule has 2 aliphatic rings. The number of benzene rings is 4. The molecule has 1 atom stereocenters. The molecule has 4 aromatic carbocycles. The first-order valence-electron chi connectivity index (χ1n) is 19.6. The molecule has 0 unspecified atom stereocenters. The molecule has 58 heavy (non-hydrogen) atoms. The van der Waals surface area contributed by atoms with Gasteiger partial charge in [-0.25, -0.2) is 9.18 Å². The van der Waals surface area contributed by atoms with E-state index < -0.39 is 11.8 Å². The fourth-order valence-corrected chi connectivity index (χ4v) is 8.92. The van der Waals surface area contributed by atoms with Crippen molar-refractivity contribution in [2.75, 3.05) is 27.8 Å². The van der Waals surface area contributed by atoms with Gasteiger partial charge in [0.2, 0.25) is 5.91 Å². The Labute approximate surface area is 347 Å². The summed E-state index contributed by atoms with van der Waals surface area (Å²) in [5.74, 6) is 0.185. The average Bonchev–Trinajstić information content (AvgIpc) is 3.84. The summed E-state index contributed by atoms with van der Waals surface area (Å²) >= 11 is 14.1. The van der Waals surface area contributed by atoms with E-state index in [2.05, 4.69) is 22.6 Å². The van der Waals surface area contributed by atoms with Gasteiger partial charge in [0.1, 0.15) is 17.3 Å². The van der Waals surface area contributed by atoms with Gasteiger partial charge in [-0.05, 0) is 92.1 Å². The molecular weight excluding hydrogens is 780 g/mol. The first-order valence-corrected chi connectivity index (χ1v) is 20.4. The van der Waals surface area contributed by atoms with E-state index >= 15 is 4.39 Å². The molecule has 1 aliphatic heterocycles. The van der Waals surface area contributed by atoms with Crippen LogP contribution in [0.1, 0.15) is 55.2 Å². The molecule has 0 radical (unpaired) electrons. The van der Waals surface area contributed by atoms with E-state index in [-0.39, 0.29) is 18.5 Å². The molecule has 1 aromatic heterocycles. The number of aliphatic carboxylic acids is 1. The smallest absolute Gasteiger partial charge is 0.327 e. The summed E-state index contributed by atoms with van der Waals surface area (Å²) in [7, 11) is 5.30. The van der Waals surface area contributed by atoms with Crippen molar-refractivity contribution in [1.82, 2.24) is 25.3 Å². The van der Waals surface area contributed by atoms with Crippen molar-refractivity contribution in [2.24, 2.45) is 5.92 Å². The Morgan fingerprint density at radius 3 is 2.47 bits per heavy atom. The van der Waals surface area contributed by atoms with E-state index in [9.17, 15) is 9.59 Å². The molecule has 3 N–H and O–H groups in total. The van der Waals surface area contributed by atoms with Crippen LogP contribution in [0.2, 0.25) is 10.0 Å². The Morgan fingerprint density at radius 2 is 1.74 bits per heavy atom. The van der Waals surface area contributed by atoms with Crippen LogP contribution in [0.25, 0.3) is 33.2 Å². The van der Waals surface area contributed by atoms with E-state index in [1.807, 2.05) is 65.5 Å². The minimum atomic E-state index is -0.900. The number of nitrogens with zero attached hydrogens (tertiary/aromatic N) is 3. The zero-order chi connectivity index (χ0) is 40.9. The van der Waals surface area contributed by atoms with Crippen molar-refractivity contribution in [1.29, 1.82) is 0 Å². The molecule has 10 nitrogen and oxygen atoms in total. The molecular formula is C45H48Cl2FN5O5. The van der Waals surface area contributed by atoms with E-state index in [1.165, 1.54) is 19.3 Å². The molecule has 7 rings (SSSR count). The molecule has 1 amide bonds. The summed E-state index contributed by atoms with van der Waals surface area (Å²) in [5.41, 5.74) is 6.09. The Morgan fingerprint density at radius 1 is 1.00 bits per heavy atom. The summed E-state index contributed by atoms with van der Waals surface area (Å²) in [5, 5.41) is 21.9. The quantitative estimate of drug-likeness (QED) is 0.0897. The third kappa shape index (κ3) is 9.18. The molecule has 2 fully saturated rings. The first kappa shape index (κ1) is 41.2. The second-order valence-electron chi connectivity index (χ2n) is 15.2. The number of nitrogens with one attached hydrogen (secondary N) is 2. The van der Waals surface area contributed by atoms with Gasteiger partial charge < -0.3 is 25.2 Å². The number of halogens is 3. The van der Waals surface area contributed by atoms with Gasteiger partial charge >= 0.3 is 5.97 Å². The molecule has 5 aromatic rings. The van der Waals surface area contributed by atoms with E-state index in [0.29, 0.717) is 70.5 Å². The van der Waals surface area contributed by atoms with Gasteiger partial charge in [-0.15, -0.1) is 0 Å². The van der Waals surface area contributed by atoms with Crippen LogP contribution in [-0.4, -0.2) is 71.6 Å². The summed E-state index contributed by atoms with van der Waals surface area (Å²) < 4.78 is 29.1. The highest BCUT2D eigenvalue weighted by molar-refractivity contribution is 6.36. The Bertz CT molecular complexity index is 2340. The van der Waals surface area contributed by atoms with Gasteiger partial charge in [-0.1, -0.05) is 59.6 Å². The monoisotopic (exact) mass is 827 g/mol. The fourth-order valence-electron chi connectivity index (χ4n) is 8.33. The van der Waals surface area contributed by atoms with Crippen molar-refractivity contribution >= 4 is 46.0 Å². The normalized spacial score (nSPS) is 18.3. The molecule has 1 saturated heterocycles. The Hall–Kier alpha value is -4.94. The third-order valence-corrected chi connectivity index (χ3v) is 12.3. The zero-order valence-electron chi connectivity index (χ0n) is 32.9. The lowest BCUT2D eigenvalue weighted by molar-refractivity contribution is -0.131. The number of methoxy groups -OCH3 is 2. The Kier molecular flexibility index (Phi) is 13.0. The van der Waals surface area contributed by atoms with Crippen molar-refractivity contribution in [3.8, 4) is 33.8 Å². The standard InChI is InChI=1S/C45H48Cl2FN5O5/c1-52(32-14-10-27(11-15-32)12-17-44(55)56)25-30-18-38(46)29(21-41(30)57-2)26-53-40-9-5-7-34(36(40)24-50-53)35-8-4-6-33(45(35)47)28-19-39(48)37(42(20-28)58-3)23-49-22-31-13-16-43(54)51-31/h4-9,12,17-21,24,27,31-32,49H,10-11,13-16,22-23,25-26H2,1-3H3,(H,51,54)(H,55,56)/b17-12+/t27-,31-,32-/m0/s1. The van der Waals surface area contributed by atoms with E-state index in [1.54, 1.807) is 13.2 Å². The molecule has 2 heterocycles. The fraction of sp³-hybridized carbons (Fsp3) is 0.356. The lowest BCUT2D eigenvalue weighted by Crippen LogP contribution is -2.35. The van der Waals surface area contributed by atoms with Crippen LogP contribution in [0.3, 0.4) is 0 Å². The lowest BCUT2D eigenvalue weighted by atomic mass is 9.85. The number of amides is 1. The van der Waals surface area contributed by atoms with Crippen LogP contribution in [0.15, 0.2) is 79.0 Å². The number of aromatic nitrogens is 2. The molecule has 1 aliphatic carbocycles. The predicted molar refractivity (Wildman–Crippen MR) is 226 cm³/mol. The van der Waals surface area contributed by atoms with Crippen molar-refractivity contribution in [3.05, 3.63) is 112 Å². The third-order valence-electron chi connectivity index (χ3n) is 11.5. The second kappa shape index (κ2) is 18.3. The number of fused-ring (bicyclic) bond motifs is 1. The number of carbonyl (C=O) groups excluding carboxylic acids is 1. The molecule has 304 valence electrons. The van der Waals surface area contributed by atoms with Gasteiger partial charge in [0, 0.05) is 76.9 Å². The lowest BCUT2D eigenvalue weighted by Gasteiger charge is -2.34. The highest BCUT2D eigenvalue weighted by Crippen LogP contribution is 2.41. The summed E-state index contributed by atoms with van der Waals surface area (Å²) in [6.07, 6.45) is 10.1. The minimum Gasteiger partial charge on any atom is -0.496 e. The maximum Gasteiger partial charge on any atom is 0.327 e. The maximum atomic E-state index is 15.7. The van der Waals surface area contributed by atoms with E-state index in [4.69, 9.17) is 42.9 Å². The van der Waals surface area contributed by atoms with E-state index in [0.717, 1.165) is 71.0 Å². The van der Waals surface area contributed by atoms with Crippen LogP contribution in [0.4, 0.5) is 4.39 Å². The van der Waals surface area contributed by atoms with Crippen molar-refractivity contribution < 1.29 is 28.6 Å². The summed E-state index contributed by atoms with van der Waals surface area (Å²) in [4.78, 5) is 24.8. The minimum absolute atomic E-state index is 0.0327. The number of allylic oxidation sites excluding steroid dienone is 1. The van der Waals surface area contributed by atoms with Crippen molar-refractivity contribution in [2.45, 2.75) is 70.2 Å². The number of hydrogen-bond acceptors (Lipinski definition) is 7. The van der Waals surface area contributed by atoms with Crippen molar-refractivity contribution in [3.63, 3.8) is 0 Å². The topological polar surface area (TPSA) is 118 Å². The van der Waals surface area contributed by atoms with Gasteiger partial charge in [0.05, 0.1) is 37.5 Å². The molecule has 13 heteroatoms.